The Hall–Kier alpha value is -0.700. The molecule has 14 heteroatoms. The fourth-order valence-corrected chi connectivity index (χ4v) is 9.89. The summed E-state index contributed by atoms with van der Waals surface area (Å²) in [6, 6.07) is -1.27. The number of methoxy groups -OCH3 is 1. The first-order valence-electron chi connectivity index (χ1n) is 14.6. The second-order valence-corrected chi connectivity index (χ2v) is 15.2. The third-order valence-electron chi connectivity index (χ3n) is 10.0. The molecule has 0 aromatic carbocycles. The molecule has 4 heterocycles. The molecule has 0 aromatic heterocycles. The van der Waals surface area contributed by atoms with E-state index in [9.17, 15) is 26.4 Å². The number of piperidine rings is 1. The minimum Gasteiger partial charge on any atom is -0.384 e. The summed E-state index contributed by atoms with van der Waals surface area (Å²) in [5.74, 6) is -1.88. The smallest absolute Gasteiger partial charge is 0.384 e. The predicted octanol–water partition coefficient (Wildman–Crippen LogP) is 2.17. The second kappa shape index (κ2) is 12.1. The van der Waals surface area contributed by atoms with Gasteiger partial charge in [0.15, 0.2) is 0 Å². The van der Waals surface area contributed by atoms with Crippen LogP contribution in [-0.4, -0.2) is 117 Å². The molecule has 1 aliphatic carbocycles. The number of nitrogens with zero attached hydrogens (tertiary/aromatic N) is 3. The average Bonchev–Trinajstić information content (AvgIpc) is 3.28. The van der Waals surface area contributed by atoms with Crippen molar-refractivity contribution in [3.8, 4) is 0 Å². The molecule has 0 aromatic rings. The van der Waals surface area contributed by atoms with Gasteiger partial charge in [-0.2, -0.15) is 13.2 Å². The van der Waals surface area contributed by atoms with Gasteiger partial charge in [-0.25, -0.2) is 18.9 Å². The van der Waals surface area contributed by atoms with Crippen molar-refractivity contribution in [1.82, 2.24) is 25.6 Å². The largest absolute Gasteiger partial charge is 0.409 e. The molecule has 1 amide bonds. The standard InChI is InChI=1S/C26H43ClF3N5O4S/c1-33(25(36)17-8-11-40(37,38)12-9-17)24(26(28,29)30)16-3-5-19(6-4-16)34-10-7-18(15-39-2)23-20(34)14-31-22-13-21(27)32-35(22)23/h16-24,31-32H,3-15H2,1-2H3/t16?,18?,19?,20?,21?,22?,23?,24-/m0/s1. The molecule has 230 valence electrons. The van der Waals surface area contributed by atoms with Gasteiger partial charge in [-0.1, -0.05) is 0 Å². The topological polar surface area (TPSA) is 94.2 Å². The summed E-state index contributed by atoms with van der Waals surface area (Å²) in [7, 11) is -0.238. The highest BCUT2D eigenvalue weighted by Crippen LogP contribution is 2.42. The van der Waals surface area contributed by atoms with E-state index >= 15 is 0 Å². The van der Waals surface area contributed by atoms with Crippen molar-refractivity contribution in [3.63, 3.8) is 0 Å². The molecule has 5 rings (SSSR count). The highest BCUT2D eigenvalue weighted by Gasteiger charge is 2.53. The number of carbonyl (C=O) groups excluding carboxylic acids is 1. The van der Waals surface area contributed by atoms with E-state index in [0.717, 1.165) is 30.8 Å². The first-order valence-corrected chi connectivity index (χ1v) is 16.9. The number of fused-ring (bicyclic) bond motifs is 3. The lowest BCUT2D eigenvalue weighted by Crippen LogP contribution is -2.73. The summed E-state index contributed by atoms with van der Waals surface area (Å²) >= 11 is 6.44. The van der Waals surface area contributed by atoms with Crippen molar-refractivity contribution in [3.05, 3.63) is 0 Å². The van der Waals surface area contributed by atoms with Crippen LogP contribution in [0.5, 0.6) is 0 Å². The van der Waals surface area contributed by atoms with E-state index in [1.807, 2.05) is 0 Å². The highest BCUT2D eigenvalue weighted by atomic mass is 35.5. The maximum atomic E-state index is 14.4. The van der Waals surface area contributed by atoms with E-state index in [1.165, 1.54) is 7.05 Å². The Kier molecular flexibility index (Phi) is 9.32. The zero-order valence-electron chi connectivity index (χ0n) is 23.3. The van der Waals surface area contributed by atoms with Gasteiger partial charge in [-0.15, -0.1) is 11.6 Å². The third-order valence-corrected chi connectivity index (χ3v) is 12.0. The predicted molar refractivity (Wildman–Crippen MR) is 145 cm³/mol. The number of amides is 1. The summed E-state index contributed by atoms with van der Waals surface area (Å²) < 4.78 is 72.3. The van der Waals surface area contributed by atoms with Crippen molar-refractivity contribution in [2.75, 3.05) is 45.4 Å². The summed E-state index contributed by atoms with van der Waals surface area (Å²) in [6.07, 6.45) is -0.375. The van der Waals surface area contributed by atoms with Crippen molar-refractivity contribution in [2.24, 2.45) is 17.8 Å². The molecular weight excluding hydrogens is 571 g/mol. The molecule has 1 saturated carbocycles. The lowest BCUT2D eigenvalue weighted by molar-refractivity contribution is -0.203. The van der Waals surface area contributed by atoms with Crippen molar-refractivity contribution in [2.45, 2.75) is 93.4 Å². The Labute approximate surface area is 240 Å². The van der Waals surface area contributed by atoms with Gasteiger partial charge in [0.2, 0.25) is 5.91 Å². The Morgan fingerprint density at radius 2 is 1.80 bits per heavy atom. The van der Waals surface area contributed by atoms with Crippen molar-refractivity contribution in [1.29, 1.82) is 0 Å². The number of hydrazine groups is 1. The fraction of sp³-hybridized carbons (Fsp3) is 0.962. The zero-order chi connectivity index (χ0) is 28.8. The quantitative estimate of drug-likeness (QED) is 0.348. The monoisotopic (exact) mass is 613 g/mol. The Bertz CT molecular complexity index is 1000. The van der Waals surface area contributed by atoms with Crippen LogP contribution >= 0.6 is 11.6 Å². The number of sulfone groups is 1. The molecule has 5 aliphatic rings. The van der Waals surface area contributed by atoms with Crippen LogP contribution in [-0.2, 0) is 19.4 Å². The van der Waals surface area contributed by atoms with Crippen LogP contribution in [0.3, 0.4) is 0 Å². The van der Waals surface area contributed by atoms with Crippen LogP contribution in [0.4, 0.5) is 13.2 Å². The van der Waals surface area contributed by atoms with E-state index in [4.69, 9.17) is 16.3 Å². The van der Waals surface area contributed by atoms with E-state index in [1.54, 1.807) is 7.11 Å². The molecule has 0 bridgehead atoms. The highest BCUT2D eigenvalue weighted by molar-refractivity contribution is 7.91. The number of nitrogens with one attached hydrogen (secondary N) is 2. The Balaban J connectivity index is 1.25. The molecule has 6 atom stereocenters. The number of halogens is 4. The number of hydrogen-bond donors (Lipinski definition) is 2. The van der Waals surface area contributed by atoms with E-state index in [0.29, 0.717) is 38.2 Å². The SMILES string of the molecule is COCC1CCN(C2CCC([C@H](N(C)C(=O)C3CCS(=O)(=O)CC3)C(F)(F)F)CC2)C2CNC3CC(Cl)NN3C12. The molecular formula is C26H43ClF3N5O4S. The normalized spacial score (nSPS) is 38.4. The molecule has 40 heavy (non-hydrogen) atoms. The molecule has 9 nitrogen and oxygen atoms in total. The molecule has 2 N–H and O–H groups in total. The van der Waals surface area contributed by atoms with Crippen LogP contribution in [0.15, 0.2) is 0 Å². The van der Waals surface area contributed by atoms with Gasteiger partial charge in [0.1, 0.15) is 15.9 Å². The number of ether oxygens (including phenoxy) is 1. The lowest BCUT2D eigenvalue weighted by Gasteiger charge is -2.56. The van der Waals surface area contributed by atoms with Crippen LogP contribution in [0.1, 0.15) is 51.4 Å². The molecule has 5 fully saturated rings. The summed E-state index contributed by atoms with van der Waals surface area (Å²) in [5, 5.41) is 5.87. The van der Waals surface area contributed by atoms with Gasteiger partial charge >= 0.3 is 6.18 Å². The number of hydrogen-bond acceptors (Lipinski definition) is 8. The Morgan fingerprint density at radius 1 is 1.12 bits per heavy atom. The van der Waals surface area contributed by atoms with Crippen LogP contribution in [0.2, 0.25) is 0 Å². The van der Waals surface area contributed by atoms with Crippen LogP contribution < -0.4 is 10.7 Å². The summed E-state index contributed by atoms with van der Waals surface area (Å²) in [4.78, 5) is 16.5. The van der Waals surface area contributed by atoms with Gasteiger partial charge < -0.3 is 9.64 Å². The van der Waals surface area contributed by atoms with Gasteiger partial charge in [-0.3, -0.25) is 15.0 Å². The maximum Gasteiger partial charge on any atom is 0.409 e. The fourth-order valence-electron chi connectivity index (χ4n) is 8.12. The minimum atomic E-state index is -4.55. The first-order chi connectivity index (χ1) is 18.9. The Morgan fingerprint density at radius 3 is 2.42 bits per heavy atom. The molecule has 4 aliphatic heterocycles. The number of carbonyl (C=O) groups is 1. The number of rotatable bonds is 6. The molecule has 4 saturated heterocycles. The number of likely N-dealkylation sites (tertiary alicyclic amines) is 1. The van der Waals surface area contributed by atoms with E-state index in [2.05, 4.69) is 20.7 Å². The molecule has 5 unspecified atom stereocenters. The number of alkyl halides is 4. The van der Waals surface area contributed by atoms with Crippen molar-refractivity contribution < 1.29 is 31.1 Å². The first kappa shape index (κ1) is 30.7. The second-order valence-electron chi connectivity index (χ2n) is 12.4. The van der Waals surface area contributed by atoms with E-state index in [-0.39, 0.29) is 54.1 Å². The molecule has 0 spiro atoms. The average molecular weight is 614 g/mol. The van der Waals surface area contributed by atoms with Gasteiger partial charge in [0.05, 0.1) is 29.8 Å². The van der Waals surface area contributed by atoms with E-state index < -0.39 is 39.8 Å². The van der Waals surface area contributed by atoms with Gasteiger partial charge in [-0.05, 0) is 57.4 Å². The maximum absolute atomic E-state index is 14.4. The zero-order valence-corrected chi connectivity index (χ0v) is 24.9. The lowest BCUT2D eigenvalue weighted by atomic mass is 9.77. The molecule has 0 radical (unpaired) electrons. The van der Waals surface area contributed by atoms with Gasteiger partial charge in [0.25, 0.3) is 0 Å². The van der Waals surface area contributed by atoms with Crippen LogP contribution in [0.25, 0.3) is 0 Å². The third kappa shape index (κ3) is 6.30. The van der Waals surface area contributed by atoms with Crippen LogP contribution in [0, 0.1) is 17.8 Å². The minimum absolute atomic E-state index is 0.0929. The van der Waals surface area contributed by atoms with Gasteiger partial charge in [0, 0.05) is 57.1 Å². The summed E-state index contributed by atoms with van der Waals surface area (Å²) in [5.41, 5.74) is 3.28. The van der Waals surface area contributed by atoms with Crippen molar-refractivity contribution >= 4 is 27.3 Å². The summed E-state index contributed by atoms with van der Waals surface area (Å²) in [6.45, 7) is 2.33.